The Kier molecular flexibility index (Phi) is 13.1. The van der Waals surface area contributed by atoms with Gasteiger partial charge < -0.3 is 24.8 Å². The van der Waals surface area contributed by atoms with Crippen molar-refractivity contribution in [2.24, 2.45) is 5.73 Å². The fourth-order valence-electron chi connectivity index (χ4n) is 5.73. The summed E-state index contributed by atoms with van der Waals surface area (Å²) < 4.78 is 17.2. The first-order valence-corrected chi connectivity index (χ1v) is 16.8. The van der Waals surface area contributed by atoms with Gasteiger partial charge in [0.15, 0.2) is 0 Å². The molecule has 2 N–H and O–H groups in total. The summed E-state index contributed by atoms with van der Waals surface area (Å²) in [4.78, 5) is 16.0. The molecule has 1 amide bonds. The molecule has 0 spiro atoms. The summed E-state index contributed by atoms with van der Waals surface area (Å²) in [5.41, 5.74) is 6.77. The Bertz CT molecular complexity index is 1050. The van der Waals surface area contributed by atoms with Crippen LogP contribution in [0.1, 0.15) is 84.0 Å². The Morgan fingerprint density at radius 1 is 0.825 bits per heavy atom. The van der Waals surface area contributed by atoms with Crippen molar-refractivity contribution >= 4 is 21.6 Å². The number of rotatable bonds is 19. The number of amides is 1. The Hall–Kier alpha value is -2.80. The van der Waals surface area contributed by atoms with E-state index in [2.05, 4.69) is 47.7 Å². The van der Waals surface area contributed by atoms with Gasteiger partial charge in [-0.15, -0.1) is 0 Å². The lowest BCUT2D eigenvalue weighted by molar-refractivity contribution is -0.115. The molecule has 2 atom stereocenters. The maximum atomic E-state index is 12.5. The van der Waals surface area contributed by atoms with E-state index in [-0.39, 0.29) is 11.3 Å². The van der Waals surface area contributed by atoms with Crippen LogP contribution in [0, 0.1) is 0 Å². The number of hydrogen-bond donors (Lipinski definition) is 1. The summed E-state index contributed by atoms with van der Waals surface area (Å²) in [5, 5.41) is 2.29. The van der Waals surface area contributed by atoms with Gasteiger partial charge in [0.2, 0.25) is 5.91 Å². The van der Waals surface area contributed by atoms with Crippen molar-refractivity contribution in [3.63, 3.8) is 0 Å². The van der Waals surface area contributed by atoms with E-state index in [9.17, 15) is 4.79 Å². The topological polar surface area (TPSA) is 74.0 Å². The van der Waals surface area contributed by atoms with Crippen molar-refractivity contribution in [3.05, 3.63) is 54.1 Å². The number of unbranched alkanes of at least 4 members (excludes halogenated alkanes) is 10. The summed E-state index contributed by atoms with van der Waals surface area (Å²) in [6.45, 7) is 2.27. The number of nitrogens with zero attached hydrogens (tertiary/aromatic N) is 1. The predicted molar refractivity (Wildman–Crippen MR) is 169 cm³/mol. The number of carbonyl (C=O) groups is 1. The SMILES string of the molecule is CCCCCCCCCCCCCC1N(c2c(OC)cc(OC)cc2OC)C=CS1(CC(N)=O)c1ccccc1. The normalized spacial score (nSPS) is 19.8. The van der Waals surface area contributed by atoms with Crippen LogP contribution >= 0.6 is 10.0 Å². The van der Waals surface area contributed by atoms with Gasteiger partial charge in [-0.1, -0.05) is 95.8 Å². The van der Waals surface area contributed by atoms with Crippen molar-refractivity contribution in [1.82, 2.24) is 0 Å². The molecule has 222 valence electrons. The minimum atomic E-state index is -1.73. The van der Waals surface area contributed by atoms with Crippen molar-refractivity contribution in [1.29, 1.82) is 0 Å². The van der Waals surface area contributed by atoms with Gasteiger partial charge in [0.25, 0.3) is 0 Å². The van der Waals surface area contributed by atoms with Crippen LogP contribution in [-0.2, 0) is 4.79 Å². The van der Waals surface area contributed by atoms with E-state index >= 15 is 0 Å². The fraction of sp³-hybridized carbons (Fsp3) is 0.545. The first-order chi connectivity index (χ1) is 19.5. The molecule has 0 saturated heterocycles. The van der Waals surface area contributed by atoms with Crippen LogP contribution in [0.3, 0.4) is 0 Å². The molecule has 40 heavy (non-hydrogen) atoms. The summed E-state index contributed by atoms with van der Waals surface area (Å²) in [5.74, 6) is 2.05. The number of methoxy groups -OCH3 is 3. The lowest BCUT2D eigenvalue weighted by Gasteiger charge is -2.44. The molecule has 1 heterocycles. The average molecular weight is 571 g/mol. The van der Waals surface area contributed by atoms with Gasteiger partial charge in [-0.2, -0.15) is 10.0 Å². The highest BCUT2D eigenvalue weighted by Gasteiger charge is 2.43. The van der Waals surface area contributed by atoms with Crippen molar-refractivity contribution in [3.8, 4) is 17.2 Å². The maximum absolute atomic E-state index is 12.5. The maximum Gasteiger partial charge on any atom is 0.226 e. The first-order valence-electron chi connectivity index (χ1n) is 14.9. The van der Waals surface area contributed by atoms with Gasteiger partial charge in [-0.3, -0.25) is 4.79 Å². The monoisotopic (exact) mass is 570 g/mol. The molecule has 0 aliphatic carbocycles. The lowest BCUT2D eigenvalue weighted by atomic mass is 10.1. The Balaban J connectivity index is 1.81. The third-order valence-electron chi connectivity index (χ3n) is 7.83. The van der Waals surface area contributed by atoms with Crippen molar-refractivity contribution in [2.45, 2.75) is 94.2 Å². The number of nitrogens with two attached hydrogens (primary N) is 1. The smallest absolute Gasteiger partial charge is 0.226 e. The van der Waals surface area contributed by atoms with Crippen LogP contribution in [0.25, 0.3) is 0 Å². The molecule has 1 aliphatic rings. The molecule has 0 aromatic heterocycles. The second-order valence-corrected chi connectivity index (χ2v) is 13.9. The highest BCUT2D eigenvalue weighted by atomic mass is 32.3. The van der Waals surface area contributed by atoms with Gasteiger partial charge in [-0.25, -0.2) is 0 Å². The molecule has 0 saturated carbocycles. The minimum Gasteiger partial charge on any atom is -0.496 e. The van der Waals surface area contributed by atoms with E-state index in [0.29, 0.717) is 23.0 Å². The third-order valence-corrected chi connectivity index (χ3v) is 11.8. The standard InChI is InChI=1S/C33H50N2O4S/c1-5-6-7-8-9-10-11-12-13-14-18-21-32-35(33-29(38-3)24-27(37-2)25-30(33)39-4)22-23-40(32,26-31(34)36)28-19-16-15-17-20-28/h15-17,19-20,22-25,32H,5-14,18,21,26H2,1-4H3,(H2,34,36). The molecule has 0 fully saturated rings. The lowest BCUT2D eigenvalue weighted by Crippen LogP contribution is -2.35. The highest BCUT2D eigenvalue weighted by molar-refractivity contribution is 8.37. The molecule has 0 radical (unpaired) electrons. The van der Waals surface area contributed by atoms with Crippen LogP contribution in [0.5, 0.6) is 17.2 Å². The predicted octanol–water partition coefficient (Wildman–Crippen LogP) is 8.38. The van der Waals surface area contributed by atoms with Gasteiger partial charge in [0.1, 0.15) is 22.9 Å². The molecule has 2 unspecified atom stereocenters. The van der Waals surface area contributed by atoms with E-state index in [1.165, 1.54) is 69.1 Å². The van der Waals surface area contributed by atoms with Gasteiger partial charge >= 0.3 is 0 Å². The Morgan fingerprint density at radius 2 is 1.38 bits per heavy atom. The third kappa shape index (κ3) is 8.12. The number of ether oxygens (including phenoxy) is 3. The van der Waals surface area contributed by atoms with E-state index < -0.39 is 10.0 Å². The number of benzene rings is 2. The zero-order valence-electron chi connectivity index (χ0n) is 25.0. The van der Waals surface area contributed by atoms with Crippen LogP contribution < -0.4 is 24.8 Å². The van der Waals surface area contributed by atoms with E-state index in [4.69, 9.17) is 19.9 Å². The Morgan fingerprint density at radius 3 is 1.88 bits per heavy atom. The number of carbonyl (C=O) groups excluding carboxylic acids is 1. The average Bonchev–Trinajstić information content (AvgIpc) is 3.33. The summed E-state index contributed by atoms with van der Waals surface area (Å²) >= 11 is 0. The molecule has 7 heteroatoms. The molecule has 2 aromatic carbocycles. The van der Waals surface area contributed by atoms with E-state index in [0.717, 1.165) is 18.5 Å². The molecular weight excluding hydrogens is 520 g/mol. The van der Waals surface area contributed by atoms with Crippen molar-refractivity contribution in [2.75, 3.05) is 32.0 Å². The molecular formula is C33H50N2O4S. The molecule has 3 rings (SSSR count). The summed E-state index contributed by atoms with van der Waals surface area (Å²) in [6.07, 6.45) is 17.3. The van der Waals surface area contributed by atoms with Gasteiger partial charge in [0, 0.05) is 18.3 Å². The van der Waals surface area contributed by atoms with Gasteiger partial charge in [0.05, 0.1) is 32.5 Å². The number of hydrogen-bond acceptors (Lipinski definition) is 5. The van der Waals surface area contributed by atoms with Crippen molar-refractivity contribution < 1.29 is 19.0 Å². The first kappa shape index (κ1) is 31.7. The number of anilines is 1. The largest absolute Gasteiger partial charge is 0.496 e. The van der Waals surface area contributed by atoms with Gasteiger partial charge in [-0.05, 0) is 28.9 Å². The quantitative estimate of drug-likeness (QED) is 0.172. The zero-order valence-corrected chi connectivity index (χ0v) is 25.8. The second kappa shape index (κ2) is 16.5. The highest BCUT2D eigenvalue weighted by Crippen LogP contribution is 2.67. The van der Waals surface area contributed by atoms with E-state index in [1.807, 2.05) is 18.2 Å². The minimum absolute atomic E-state index is 0.0529. The van der Waals surface area contributed by atoms with Crippen LogP contribution in [0.2, 0.25) is 0 Å². The summed E-state index contributed by atoms with van der Waals surface area (Å²) in [7, 11) is 3.24. The number of primary amides is 1. The Labute approximate surface area is 243 Å². The molecule has 1 aliphatic heterocycles. The van der Waals surface area contributed by atoms with Crippen LogP contribution in [0.15, 0.2) is 59.0 Å². The van der Waals surface area contributed by atoms with E-state index in [1.54, 1.807) is 21.3 Å². The molecule has 6 nitrogen and oxygen atoms in total. The second-order valence-electron chi connectivity index (χ2n) is 10.6. The van der Waals surface area contributed by atoms with Crippen LogP contribution in [-0.4, -0.2) is 38.4 Å². The van der Waals surface area contributed by atoms with Crippen LogP contribution in [0.4, 0.5) is 5.69 Å². The molecule has 0 bridgehead atoms. The fourth-order valence-corrected chi connectivity index (χ4v) is 9.49. The molecule has 2 aromatic rings. The zero-order chi connectivity index (χ0) is 28.8. The summed E-state index contributed by atoms with van der Waals surface area (Å²) in [6, 6.07) is 14.2.